The van der Waals surface area contributed by atoms with E-state index < -0.39 is 0 Å². The highest BCUT2D eigenvalue weighted by Crippen LogP contribution is 2.24. The molecule has 0 spiro atoms. The second-order valence-corrected chi connectivity index (χ2v) is 4.75. The third kappa shape index (κ3) is 3.19. The van der Waals surface area contributed by atoms with E-state index in [9.17, 15) is 0 Å². The molecule has 0 aliphatic heterocycles. The van der Waals surface area contributed by atoms with E-state index in [-0.39, 0.29) is 0 Å². The fraction of sp³-hybridized carbons (Fsp3) is 0.250. The number of nitrogens with two attached hydrogens (primary N) is 1. The van der Waals surface area contributed by atoms with E-state index in [1.165, 1.54) is 11.3 Å². The van der Waals surface area contributed by atoms with Gasteiger partial charge in [-0.2, -0.15) is 0 Å². The topological polar surface area (TPSA) is 38.5 Å². The molecule has 0 fully saturated rings. The van der Waals surface area contributed by atoms with Gasteiger partial charge in [0.1, 0.15) is 5.75 Å². The molecule has 0 aromatic heterocycles. The first-order chi connectivity index (χ1) is 9.10. The van der Waals surface area contributed by atoms with Crippen LogP contribution in [0.3, 0.4) is 0 Å². The third-order valence-corrected chi connectivity index (χ3v) is 3.22. The zero-order valence-corrected chi connectivity index (χ0v) is 11.7. The maximum atomic E-state index is 5.69. The monoisotopic (exact) mass is 256 g/mol. The molecule has 0 amide bonds. The van der Waals surface area contributed by atoms with Crippen molar-refractivity contribution in [2.75, 3.05) is 24.8 Å². The lowest BCUT2D eigenvalue weighted by molar-refractivity contribution is 0.411. The summed E-state index contributed by atoms with van der Waals surface area (Å²) in [5.74, 6) is 0.921. The van der Waals surface area contributed by atoms with Crippen LogP contribution in [0.25, 0.3) is 0 Å². The molecule has 0 aliphatic rings. The van der Waals surface area contributed by atoms with Crippen LogP contribution in [0.4, 0.5) is 11.4 Å². The molecule has 0 unspecified atom stereocenters. The predicted molar refractivity (Wildman–Crippen MR) is 80.7 cm³/mol. The number of aryl methyl sites for hydroxylation is 1. The molecule has 0 aliphatic carbocycles. The number of nitrogens with zero attached hydrogens (tertiary/aromatic N) is 1. The Morgan fingerprint density at radius 1 is 1.11 bits per heavy atom. The first kappa shape index (κ1) is 13.3. The first-order valence-corrected chi connectivity index (χ1v) is 6.30. The fourth-order valence-electron chi connectivity index (χ4n) is 2.09. The minimum Gasteiger partial charge on any atom is -0.496 e. The van der Waals surface area contributed by atoms with Crippen LogP contribution in [0.15, 0.2) is 42.5 Å². The van der Waals surface area contributed by atoms with Crippen LogP contribution in [0.2, 0.25) is 0 Å². The molecule has 3 nitrogen and oxygen atoms in total. The second kappa shape index (κ2) is 5.65. The first-order valence-electron chi connectivity index (χ1n) is 6.30. The summed E-state index contributed by atoms with van der Waals surface area (Å²) < 4.78 is 5.28. The summed E-state index contributed by atoms with van der Waals surface area (Å²) in [6.45, 7) is 2.91. The van der Waals surface area contributed by atoms with E-state index in [2.05, 4.69) is 43.1 Å². The number of hydrogen-bond donors (Lipinski definition) is 1. The van der Waals surface area contributed by atoms with Gasteiger partial charge in [-0.05, 0) is 48.4 Å². The van der Waals surface area contributed by atoms with Crippen molar-refractivity contribution in [1.29, 1.82) is 0 Å². The van der Waals surface area contributed by atoms with Gasteiger partial charge in [-0.1, -0.05) is 12.1 Å². The van der Waals surface area contributed by atoms with Crippen LogP contribution in [0.1, 0.15) is 11.1 Å². The molecular formula is C16H20N2O. The summed E-state index contributed by atoms with van der Waals surface area (Å²) in [5.41, 5.74) is 10.1. The highest BCUT2D eigenvalue weighted by Gasteiger charge is 2.05. The minimum atomic E-state index is 0.798. The van der Waals surface area contributed by atoms with Crippen molar-refractivity contribution >= 4 is 11.4 Å². The number of ether oxygens (including phenoxy) is 1. The van der Waals surface area contributed by atoms with Gasteiger partial charge in [-0.3, -0.25) is 0 Å². The highest BCUT2D eigenvalue weighted by molar-refractivity contribution is 5.53. The van der Waals surface area contributed by atoms with E-state index in [1.54, 1.807) is 7.11 Å². The molecule has 3 heteroatoms. The summed E-state index contributed by atoms with van der Waals surface area (Å²) in [6.07, 6.45) is 0. The van der Waals surface area contributed by atoms with Gasteiger partial charge in [-0.25, -0.2) is 0 Å². The van der Waals surface area contributed by atoms with Crippen molar-refractivity contribution in [2.45, 2.75) is 13.5 Å². The van der Waals surface area contributed by atoms with Crippen molar-refractivity contribution in [3.05, 3.63) is 53.6 Å². The smallest absolute Gasteiger partial charge is 0.121 e. The summed E-state index contributed by atoms with van der Waals surface area (Å²) in [7, 11) is 3.78. The molecule has 0 saturated heterocycles. The van der Waals surface area contributed by atoms with E-state index in [4.69, 9.17) is 10.5 Å². The van der Waals surface area contributed by atoms with Crippen LogP contribution in [-0.2, 0) is 6.54 Å². The Morgan fingerprint density at radius 3 is 2.37 bits per heavy atom. The Labute approximate surface area is 114 Å². The van der Waals surface area contributed by atoms with Crippen LogP contribution < -0.4 is 15.4 Å². The van der Waals surface area contributed by atoms with Crippen molar-refractivity contribution in [1.82, 2.24) is 0 Å². The van der Waals surface area contributed by atoms with E-state index in [0.717, 1.165) is 23.5 Å². The molecule has 2 aromatic carbocycles. The lowest BCUT2D eigenvalue weighted by atomic mass is 10.1. The van der Waals surface area contributed by atoms with E-state index in [0.29, 0.717) is 0 Å². The largest absolute Gasteiger partial charge is 0.496 e. The van der Waals surface area contributed by atoms with Gasteiger partial charge in [0.15, 0.2) is 0 Å². The van der Waals surface area contributed by atoms with Gasteiger partial charge in [0.05, 0.1) is 7.11 Å². The van der Waals surface area contributed by atoms with Crippen molar-refractivity contribution in [3.63, 3.8) is 0 Å². The average Bonchev–Trinajstić information content (AvgIpc) is 2.41. The zero-order valence-electron chi connectivity index (χ0n) is 11.7. The Morgan fingerprint density at radius 2 is 1.79 bits per heavy atom. The molecule has 19 heavy (non-hydrogen) atoms. The fourth-order valence-corrected chi connectivity index (χ4v) is 2.09. The van der Waals surface area contributed by atoms with Gasteiger partial charge in [0.25, 0.3) is 0 Å². The molecule has 2 aromatic rings. The van der Waals surface area contributed by atoms with Gasteiger partial charge in [0, 0.05) is 25.0 Å². The summed E-state index contributed by atoms with van der Waals surface area (Å²) in [5, 5.41) is 0. The average molecular weight is 256 g/mol. The number of nitrogen functional groups attached to an aromatic ring is 1. The van der Waals surface area contributed by atoms with Crippen molar-refractivity contribution in [3.8, 4) is 5.75 Å². The molecule has 0 heterocycles. The number of hydrogen-bond acceptors (Lipinski definition) is 3. The molecule has 100 valence electrons. The number of methoxy groups -OCH3 is 1. The highest BCUT2D eigenvalue weighted by atomic mass is 16.5. The summed E-state index contributed by atoms with van der Waals surface area (Å²) in [4.78, 5) is 2.21. The number of benzene rings is 2. The quantitative estimate of drug-likeness (QED) is 0.854. The van der Waals surface area contributed by atoms with Crippen LogP contribution in [-0.4, -0.2) is 14.2 Å². The Bertz CT molecular complexity index is 549. The molecular weight excluding hydrogens is 236 g/mol. The minimum absolute atomic E-state index is 0.798. The van der Waals surface area contributed by atoms with Crippen molar-refractivity contribution in [2.24, 2.45) is 0 Å². The maximum absolute atomic E-state index is 5.69. The Balaban J connectivity index is 2.13. The molecule has 2 rings (SSSR count). The number of anilines is 2. The molecule has 2 N–H and O–H groups in total. The normalized spacial score (nSPS) is 10.3. The van der Waals surface area contributed by atoms with Gasteiger partial charge >= 0.3 is 0 Å². The molecule has 0 saturated carbocycles. The second-order valence-electron chi connectivity index (χ2n) is 4.75. The Kier molecular flexibility index (Phi) is 3.95. The molecule has 0 atom stereocenters. The van der Waals surface area contributed by atoms with E-state index >= 15 is 0 Å². The van der Waals surface area contributed by atoms with Gasteiger partial charge < -0.3 is 15.4 Å². The Hall–Kier alpha value is -2.16. The van der Waals surface area contributed by atoms with Crippen LogP contribution in [0, 0.1) is 6.92 Å². The molecule has 0 radical (unpaired) electrons. The SMILES string of the molecule is COc1ccc(N(C)Cc2ccc(N)cc2)cc1C. The van der Waals surface area contributed by atoms with Gasteiger partial charge in [0.2, 0.25) is 0 Å². The van der Waals surface area contributed by atoms with Crippen LogP contribution in [0.5, 0.6) is 5.75 Å². The predicted octanol–water partition coefficient (Wildman–Crippen LogP) is 3.22. The van der Waals surface area contributed by atoms with Gasteiger partial charge in [-0.15, -0.1) is 0 Å². The maximum Gasteiger partial charge on any atom is 0.121 e. The lowest BCUT2D eigenvalue weighted by Gasteiger charge is -2.20. The number of rotatable bonds is 4. The zero-order chi connectivity index (χ0) is 13.8. The summed E-state index contributed by atoms with van der Waals surface area (Å²) in [6, 6.07) is 14.2. The van der Waals surface area contributed by atoms with Crippen molar-refractivity contribution < 1.29 is 4.74 Å². The summed E-state index contributed by atoms with van der Waals surface area (Å²) >= 11 is 0. The standard InChI is InChI=1S/C16H20N2O/c1-12-10-15(8-9-16(12)19-3)18(2)11-13-4-6-14(17)7-5-13/h4-10H,11,17H2,1-3H3. The van der Waals surface area contributed by atoms with E-state index in [1.807, 2.05) is 18.2 Å². The third-order valence-electron chi connectivity index (χ3n) is 3.22. The molecule has 0 bridgehead atoms. The van der Waals surface area contributed by atoms with Crippen LogP contribution >= 0.6 is 0 Å². The lowest BCUT2D eigenvalue weighted by Crippen LogP contribution is -2.16.